The molecule has 0 radical (unpaired) electrons. The van der Waals surface area contributed by atoms with Gasteiger partial charge in [-0.2, -0.15) is 5.10 Å². The third-order valence-electron chi connectivity index (χ3n) is 2.85. The van der Waals surface area contributed by atoms with Gasteiger partial charge in [0.25, 0.3) is 0 Å². The first-order chi connectivity index (χ1) is 7.99. The SMILES string of the molecule is Cc1c2cc(CC(=O)O)ccc2nn1C(C)C. The average molecular weight is 232 g/mol. The van der Waals surface area contributed by atoms with Crippen LogP contribution in [0.3, 0.4) is 0 Å². The van der Waals surface area contributed by atoms with Crippen LogP contribution in [0.1, 0.15) is 31.1 Å². The first-order valence-corrected chi connectivity index (χ1v) is 5.68. The summed E-state index contributed by atoms with van der Waals surface area (Å²) in [6, 6.07) is 5.95. The molecule has 0 aliphatic rings. The highest BCUT2D eigenvalue weighted by atomic mass is 16.4. The molecule has 0 saturated heterocycles. The molecule has 1 N–H and O–H groups in total. The molecule has 0 amide bonds. The summed E-state index contributed by atoms with van der Waals surface area (Å²) >= 11 is 0. The number of aromatic nitrogens is 2. The van der Waals surface area contributed by atoms with Gasteiger partial charge in [0.05, 0.1) is 11.9 Å². The van der Waals surface area contributed by atoms with Crippen LogP contribution >= 0.6 is 0 Å². The molecule has 1 aromatic carbocycles. The van der Waals surface area contributed by atoms with Gasteiger partial charge < -0.3 is 5.11 Å². The molecule has 2 rings (SSSR count). The number of nitrogens with zero attached hydrogens (tertiary/aromatic N) is 2. The van der Waals surface area contributed by atoms with Crippen LogP contribution in [-0.4, -0.2) is 20.9 Å². The van der Waals surface area contributed by atoms with Crippen molar-refractivity contribution in [1.29, 1.82) is 0 Å². The zero-order chi connectivity index (χ0) is 12.6. The van der Waals surface area contributed by atoms with Crippen molar-refractivity contribution in [3.05, 3.63) is 29.5 Å². The number of carbonyl (C=O) groups is 1. The molecule has 0 spiro atoms. The molecule has 0 unspecified atom stereocenters. The first-order valence-electron chi connectivity index (χ1n) is 5.68. The molecule has 4 heteroatoms. The largest absolute Gasteiger partial charge is 0.481 e. The topological polar surface area (TPSA) is 55.1 Å². The van der Waals surface area contributed by atoms with E-state index < -0.39 is 5.97 Å². The molecule has 90 valence electrons. The van der Waals surface area contributed by atoms with Crippen molar-refractivity contribution in [3.63, 3.8) is 0 Å². The first kappa shape index (κ1) is 11.6. The lowest BCUT2D eigenvalue weighted by atomic mass is 10.1. The summed E-state index contributed by atoms with van der Waals surface area (Å²) in [6.45, 7) is 6.17. The van der Waals surface area contributed by atoms with Crippen molar-refractivity contribution in [2.45, 2.75) is 33.2 Å². The number of hydrogen-bond acceptors (Lipinski definition) is 2. The van der Waals surface area contributed by atoms with E-state index >= 15 is 0 Å². The third kappa shape index (κ3) is 2.16. The summed E-state index contributed by atoms with van der Waals surface area (Å²) in [5.41, 5.74) is 2.82. The number of benzene rings is 1. The van der Waals surface area contributed by atoms with Gasteiger partial charge >= 0.3 is 5.97 Å². The summed E-state index contributed by atoms with van der Waals surface area (Å²) in [4.78, 5) is 10.7. The van der Waals surface area contributed by atoms with E-state index in [0.717, 1.165) is 22.2 Å². The fraction of sp³-hybridized carbons (Fsp3) is 0.385. The monoisotopic (exact) mass is 232 g/mol. The van der Waals surface area contributed by atoms with Crippen LogP contribution in [0.5, 0.6) is 0 Å². The maximum Gasteiger partial charge on any atom is 0.307 e. The second-order valence-corrected chi connectivity index (χ2v) is 4.55. The average Bonchev–Trinajstić information content (AvgIpc) is 2.56. The lowest BCUT2D eigenvalue weighted by Crippen LogP contribution is -2.04. The number of carboxylic acids is 1. The Labute approximate surface area is 99.9 Å². The van der Waals surface area contributed by atoms with Crippen LogP contribution in [0.2, 0.25) is 0 Å². The van der Waals surface area contributed by atoms with Crippen molar-refractivity contribution < 1.29 is 9.90 Å². The molecule has 0 atom stereocenters. The van der Waals surface area contributed by atoms with Crippen molar-refractivity contribution in [1.82, 2.24) is 9.78 Å². The quantitative estimate of drug-likeness (QED) is 0.884. The zero-order valence-corrected chi connectivity index (χ0v) is 10.3. The summed E-state index contributed by atoms with van der Waals surface area (Å²) in [5.74, 6) is -0.807. The van der Waals surface area contributed by atoms with Gasteiger partial charge in [-0.3, -0.25) is 9.48 Å². The normalized spacial score (nSPS) is 11.3. The number of rotatable bonds is 3. The van der Waals surface area contributed by atoms with Gasteiger partial charge in [-0.05, 0) is 38.5 Å². The fourth-order valence-electron chi connectivity index (χ4n) is 2.06. The number of hydrogen-bond donors (Lipinski definition) is 1. The van der Waals surface area contributed by atoms with Crippen LogP contribution in [0.25, 0.3) is 10.9 Å². The van der Waals surface area contributed by atoms with Gasteiger partial charge in [0.2, 0.25) is 0 Å². The van der Waals surface area contributed by atoms with Crippen LogP contribution in [-0.2, 0) is 11.2 Å². The molecule has 0 saturated carbocycles. The smallest absolute Gasteiger partial charge is 0.307 e. The second-order valence-electron chi connectivity index (χ2n) is 4.55. The zero-order valence-electron chi connectivity index (χ0n) is 10.3. The Morgan fingerprint density at radius 2 is 2.18 bits per heavy atom. The maximum absolute atomic E-state index is 10.7. The van der Waals surface area contributed by atoms with E-state index in [1.807, 2.05) is 29.8 Å². The molecule has 17 heavy (non-hydrogen) atoms. The fourth-order valence-corrected chi connectivity index (χ4v) is 2.06. The molecule has 1 aromatic heterocycles. The van der Waals surface area contributed by atoms with Crippen LogP contribution in [0, 0.1) is 6.92 Å². The van der Waals surface area contributed by atoms with E-state index in [1.54, 1.807) is 0 Å². The lowest BCUT2D eigenvalue weighted by molar-refractivity contribution is -0.136. The Hall–Kier alpha value is -1.84. The predicted octanol–water partition coefficient (Wildman–Crippen LogP) is 2.55. The highest BCUT2D eigenvalue weighted by Crippen LogP contribution is 2.22. The van der Waals surface area contributed by atoms with E-state index in [1.165, 1.54) is 0 Å². The van der Waals surface area contributed by atoms with Gasteiger partial charge in [-0.25, -0.2) is 0 Å². The summed E-state index contributed by atoms with van der Waals surface area (Å²) in [5, 5.41) is 14.3. The van der Waals surface area contributed by atoms with Gasteiger partial charge in [-0.1, -0.05) is 6.07 Å². The minimum absolute atomic E-state index is 0.0578. The van der Waals surface area contributed by atoms with Gasteiger partial charge in [0.15, 0.2) is 0 Å². The Morgan fingerprint density at radius 3 is 2.76 bits per heavy atom. The third-order valence-corrected chi connectivity index (χ3v) is 2.85. The standard InChI is InChI=1S/C13H16N2O2/c1-8(2)15-9(3)11-6-10(7-13(16)17)4-5-12(11)14-15/h4-6,8H,7H2,1-3H3,(H,16,17). The van der Waals surface area contributed by atoms with E-state index in [-0.39, 0.29) is 6.42 Å². The maximum atomic E-state index is 10.7. The van der Waals surface area contributed by atoms with E-state index in [0.29, 0.717) is 6.04 Å². The minimum Gasteiger partial charge on any atom is -0.481 e. The summed E-state index contributed by atoms with van der Waals surface area (Å²) in [7, 11) is 0. The van der Waals surface area contributed by atoms with Crippen LogP contribution in [0.4, 0.5) is 0 Å². The predicted molar refractivity (Wildman–Crippen MR) is 66.2 cm³/mol. The molecular formula is C13H16N2O2. The summed E-state index contributed by atoms with van der Waals surface area (Å²) in [6.07, 6.45) is 0.0578. The van der Waals surface area contributed by atoms with Crippen molar-refractivity contribution in [3.8, 4) is 0 Å². The van der Waals surface area contributed by atoms with E-state index in [9.17, 15) is 4.79 Å². The Bertz CT molecular complexity index is 570. The van der Waals surface area contributed by atoms with Crippen molar-refractivity contribution in [2.75, 3.05) is 0 Å². The van der Waals surface area contributed by atoms with E-state index in [4.69, 9.17) is 5.11 Å². The molecule has 0 fully saturated rings. The van der Waals surface area contributed by atoms with Crippen molar-refractivity contribution >= 4 is 16.9 Å². The number of fused-ring (bicyclic) bond motifs is 1. The molecule has 0 aliphatic carbocycles. The Morgan fingerprint density at radius 1 is 1.47 bits per heavy atom. The molecule has 2 aromatic rings. The van der Waals surface area contributed by atoms with Crippen molar-refractivity contribution in [2.24, 2.45) is 0 Å². The van der Waals surface area contributed by atoms with Crippen LogP contribution < -0.4 is 0 Å². The summed E-state index contributed by atoms with van der Waals surface area (Å²) < 4.78 is 1.97. The Kier molecular flexibility index (Phi) is 2.88. The molecule has 1 heterocycles. The number of aryl methyl sites for hydroxylation is 1. The minimum atomic E-state index is -0.807. The van der Waals surface area contributed by atoms with Gasteiger partial charge in [0, 0.05) is 17.1 Å². The molecule has 0 bridgehead atoms. The van der Waals surface area contributed by atoms with Gasteiger partial charge in [0.1, 0.15) is 0 Å². The molecule has 0 aliphatic heterocycles. The van der Waals surface area contributed by atoms with Crippen LogP contribution in [0.15, 0.2) is 18.2 Å². The Balaban J connectivity index is 2.53. The number of aliphatic carboxylic acids is 1. The molecule has 4 nitrogen and oxygen atoms in total. The number of carboxylic acid groups (broad SMARTS) is 1. The lowest BCUT2D eigenvalue weighted by Gasteiger charge is -2.06. The highest BCUT2D eigenvalue weighted by molar-refractivity contribution is 5.83. The highest BCUT2D eigenvalue weighted by Gasteiger charge is 2.10. The second kappa shape index (κ2) is 4.20. The van der Waals surface area contributed by atoms with E-state index in [2.05, 4.69) is 18.9 Å². The molecular weight excluding hydrogens is 216 g/mol. The van der Waals surface area contributed by atoms with Gasteiger partial charge in [-0.15, -0.1) is 0 Å².